The smallest absolute Gasteiger partial charge is 0.188 e. The van der Waals surface area contributed by atoms with E-state index in [9.17, 15) is 4.39 Å². The first-order chi connectivity index (χ1) is 10.2. The predicted molar refractivity (Wildman–Crippen MR) is 80.8 cm³/mol. The van der Waals surface area contributed by atoms with E-state index < -0.39 is 0 Å². The van der Waals surface area contributed by atoms with E-state index in [4.69, 9.17) is 10.5 Å². The fourth-order valence-corrected chi connectivity index (χ4v) is 2.81. The van der Waals surface area contributed by atoms with Crippen molar-refractivity contribution in [1.82, 2.24) is 5.32 Å². The van der Waals surface area contributed by atoms with Crippen molar-refractivity contribution in [1.29, 1.82) is 0 Å². The molecule has 3 N–H and O–H groups in total. The SMILES string of the molecule is NC(=NCC1(c2ccc(F)cc2)CC1)NCC1CCCO1. The Morgan fingerprint density at radius 3 is 2.76 bits per heavy atom. The van der Waals surface area contributed by atoms with Gasteiger partial charge in [0.15, 0.2) is 5.96 Å². The molecule has 2 fully saturated rings. The number of hydrogen-bond donors (Lipinski definition) is 2. The number of ether oxygens (including phenoxy) is 1. The zero-order valence-corrected chi connectivity index (χ0v) is 12.1. The molecular formula is C16H22FN3O. The second-order valence-corrected chi connectivity index (χ2v) is 6.00. The van der Waals surface area contributed by atoms with Gasteiger partial charge in [-0.1, -0.05) is 12.1 Å². The zero-order chi connectivity index (χ0) is 14.7. The largest absolute Gasteiger partial charge is 0.376 e. The summed E-state index contributed by atoms with van der Waals surface area (Å²) in [5.41, 5.74) is 7.12. The van der Waals surface area contributed by atoms with Gasteiger partial charge in [-0.3, -0.25) is 4.99 Å². The van der Waals surface area contributed by atoms with Crippen LogP contribution in [0.2, 0.25) is 0 Å². The number of rotatable bonds is 5. The molecule has 2 aliphatic rings. The maximum Gasteiger partial charge on any atom is 0.188 e. The van der Waals surface area contributed by atoms with E-state index in [-0.39, 0.29) is 17.3 Å². The number of guanidine groups is 1. The summed E-state index contributed by atoms with van der Waals surface area (Å²) in [7, 11) is 0. The second-order valence-electron chi connectivity index (χ2n) is 6.00. The van der Waals surface area contributed by atoms with E-state index in [0.29, 0.717) is 12.5 Å². The molecule has 4 nitrogen and oxygen atoms in total. The Labute approximate surface area is 124 Å². The minimum absolute atomic E-state index is 0.0594. The van der Waals surface area contributed by atoms with Gasteiger partial charge in [0.1, 0.15) is 5.82 Å². The molecule has 1 atom stereocenters. The highest BCUT2D eigenvalue weighted by molar-refractivity contribution is 5.78. The van der Waals surface area contributed by atoms with Crippen molar-refractivity contribution in [3.8, 4) is 0 Å². The van der Waals surface area contributed by atoms with Crippen LogP contribution in [0.15, 0.2) is 29.3 Å². The molecule has 1 aromatic carbocycles. The molecule has 1 unspecified atom stereocenters. The number of hydrogen-bond acceptors (Lipinski definition) is 2. The van der Waals surface area contributed by atoms with Crippen LogP contribution in [0.4, 0.5) is 4.39 Å². The molecular weight excluding hydrogens is 269 g/mol. The quantitative estimate of drug-likeness (QED) is 0.644. The number of nitrogens with zero attached hydrogens (tertiary/aromatic N) is 1. The summed E-state index contributed by atoms with van der Waals surface area (Å²) in [4.78, 5) is 4.45. The first kappa shape index (κ1) is 14.3. The van der Waals surface area contributed by atoms with Crippen molar-refractivity contribution >= 4 is 5.96 Å². The Kier molecular flexibility index (Phi) is 4.10. The van der Waals surface area contributed by atoms with Crippen LogP contribution >= 0.6 is 0 Å². The molecule has 1 aliphatic carbocycles. The Morgan fingerprint density at radius 1 is 1.38 bits per heavy atom. The maximum atomic E-state index is 13.0. The second kappa shape index (κ2) is 6.02. The summed E-state index contributed by atoms with van der Waals surface area (Å²) in [6.07, 6.45) is 4.63. The van der Waals surface area contributed by atoms with E-state index in [2.05, 4.69) is 10.3 Å². The molecule has 1 saturated carbocycles. The Morgan fingerprint density at radius 2 is 2.14 bits per heavy atom. The lowest BCUT2D eigenvalue weighted by Crippen LogP contribution is -2.37. The molecule has 0 aromatic heterocycles. The third kappa shape index (κ3) is 3.53. The number of benzene rings is 1. The number of nitrogens with one attached hydrogen (secondary N) is 1. The zero-order valence-electron chi connectivity index (χ0n) is 12.1. The summed E-state index contributed by atoms with van der Waals surface area (Å²) >= 11 is 0. The van der Waals surface area contributed by atoms with Gasteiger partial charge in [0.2, 0.25) is 0 Å². The number of aliphatic imine (C=N–C) groups is 1. The van der Waals surface area contributed by atoms with Crippen LogP contribution in [0.1, 0.15) is 31.2 Å². The van der Waals surface area contributed by atoms with Crippen molar-refractivity contribution in [2.24, 2.45) is 10.7 Å². The lowest BCUT2D eigenvalue weighted by Gasteiger charge is -2.15. The van der Waals surface area contributed by atoms with Crippen molar-refractivity contribution in [2.75, 3.05) is 19.7 Å². The summed E-state index contributed by atoms with van der Waals surface area (Å²) < 4.78 is 18.5. The molecule has 0 radical (unpaired) electrons. The molecule has 21 heavy (non-hydrogen) atoms. The molecule has 3 rings (SSSR count). The van der Waals surface area contributed by atoms with Crippen LogP contribution in [0.25, 0.3) is 0 Å². The van der Waals surface area contributed by atoms with E-state index in [1.807, 2.05) is 12.1 Å². The first-order valence-corrected chi connectivity index (χ1v) is 7.59. The van der Waals surface area contributed by atoms with Gasteiger partial charge in [-0.2, -0.15) is 0 Å². The lowest BCUT2D eigenvalue weighted by molar-refractivity contribution is 0.114. The van der Waals surface area contributed by atoms with Gasteiger partial charge in [0.25, 0.3) is 0 Å². The van der Waals surface area contributed by atoms with Crippen LogP contribution in [-0.4, -0.2) is 31.8 Å². The van der Waals surface area contributed by atoms with Crippen LogP contribution < -0.4 is 11.1 Å². The number of halogens is 1. The average Bonchev–Trinajstić information content (AvgIpc) is 3.10. The topological polar surface area (TPSA) is 59.6 Å². The van der Waals surface area contributed by atoms with Gasteiger partial charge in [0.05, 0.1) is 12.6 Å². The first-order valence-electron chi connectivity index (χ1n) is 7.59. The predicted octanol–water partition coefficient (Wildman–Crippen LogP) is 1.94. The fourth-order valence-electron chi connectivity index (χ4n) is 2.81. The van der Waals surface area contributed by atoms with Gasteiger partial charge < -0.3 is 15.8 Å². The van der Waals surface area contributed by atoms with Crippen molar-refractivity contribution in [2.45, 2.75) is 37.2 Å². The average molecular weight is 291 g/mol. The van der Waals surface area contributed by atoms with Crippen molar-refractivity contribution < 1.29 is 9.13 Å². The van der Waals surface area contributed by atoms with Gasteiger partial charge in [-0.25, -0.2) is 4.39 Å². The molecule has 0 spiro atoms. The third-order valence-electron chi connectivity index (χ3n) is 4.40. The highest BCUT2D eigenvalue weighted by Crippen LogP contribution is 2.48. The van der Waals surface area contributed by atoms with Crippen LogP contribution in [0.5, 0.6) is 0 Å². The highest BCUT2D eigenvalue weighted by Gasteiger charge is 2.44. The molecule has 5 heteroatoms. The Balaban J connectivity index is 1.53. The molecule has 0 amide bonds. The van der Waals surface area contributed by atoms with Gasteiger partial charge >= 0.3 is 0 Å². The summed E-state index contributed by atoms with van der Waals surface area (Å²) in [5.74, 6) is 0.273. The molecule has 1 heterocycles. The Hall–Kier alpha value is -1.62. The summed E-state index contributed by atoms with van der Waals surface area (Å²) in [6, 6.07) is 6.73. The molecule has 1 saturated heterocycles. The fraction of sp³-hybridized carbons (Fsp3) is 0.562. The highest BCUT2D eigenvalue weighted by atomic mass is 19.1. The summed E-state index contributed by atoms with van der Waals surface area (Å²) in [6.45, 7) is 2.22. The summed E-state index contributed by atoms with van der Waals surface area (Å²) in [5, 5.41) is 3.13. The minimum atomic E-state index is -0.198. The normalized spacial score (nSPS) is 24.0. The van der Waals surface area contributed by atoms with Gasteiger partial charge in [-0.05, 0) is 43.4 Å². The molecule has 1 aliphatic heterocycles. The molecule has 0 bridgehead atoms. The van der Waals surface area contributed by atoms with Crippen LogP contribution in [0.3, 0.4) is 0 Å². The van der Waals surface area contributed by atoms with Crippen LogP contribution in [0, 0.1) is 5.82 Å². The standard InChI is InChI=1S/C16H22FN3O/c17-13-5-3-12(4-6-13)16(7-8-16)11-20-15(18)19-10-14-2-1-9-21-14/h3-6,14H,1-2,7-11H2,(H3,18,19,20). The van der Waals surface area contributed by atoms with Crippen LogP contribution in [-0.2, 0) is 10.2 Å². The molecule has 1 aromatic rings. The maximum absolute atomic E-state index is 13.0. The van der Waals surface area contributed by atoms with Gasteiger partial charge in [-0.15, -0.1) is 0 Å². The monoisotopic (exact) mass is 291 g/mol. The molecule has 114 valence electrons. The van der Waals surface area contributed by atoms with E-state index in [0.717, 1.165) is 44.4 Å². The third-order valence-corrected chi connectivity index (χ3v) is 4.40. The lowest BCUT2D eigenvalue weighted by atomic mass is 9.96. The van der Waals surface area contributed by atoms with E-state index in [1.165, 1.54) is 12.1 Å². The Bertz CT molecular complexity index is 505. The van der Waals surface area contributed by atoms with Gasteiger partial charge in [0, 0.05) is 18.6 Å². The van der Waals surface area contributed by atoms with E-state index >= 15 is 0 Å². The minimum Gasteiger partial charge on any atom is -0.376 e. The van der Waals surface area contributed by atoms with Crippen molar-refractivity contribution in [3.63, 3.8) is 0 Å². The number of nitrogens with two attached hydrogens (primary N) is 1. The van der Waals surface area contributed by atoms with E-state index in [1.54, 1.807) is 0 Å². The van der Waals surface area contributed by atoms with Crippen molar-refractivity contribution in [3.05, 3.63) is 35.6 Å².